The monoisotopic (exact) mass is 198 g/mol. The van der Waals surface area contributed by atoms with E-state index in [1.165, 1.54) is 0 Å². The normalized spacial score (nSPS) is 11.6. The molecule has 11 heavy (non-hydrogen) atoms. The van der Waals surface area contributed by atoms with E-state index in [4.69, 9.17) is 5.73 Å². The summed E-state index contributed by atoms with van der Waals surface area (Å²) in [6, 6.07) is 0. The van der Waals surface area contributed by atoms with Gasteiger partial charge in [-0.3, -0.25) is 0 Å². The van der Waals surface area contributed by atoms with Crippen LogP contribution in [0.4, 0.5) is 0 Å². The Hall–Kier alpha value is -0.890. The van der Waals surface area contributed by atoms with Crippen molar-refractivity contribution in [3.8, 4) is 0 Å². The highest BCUT2D eigenvalue weighted by Gasteiger charge is 2.04. The summed E-state index contributed by atoms with van der Waals surface area (Å²) in [7, 11) is -6.82. The van der Waals surface area contributed by atoms with Gasteiger partial charge in [-0.2, -0.15) is 8.42 Å². The van der Waals surface area contributed by atoms with E-state index in [-0.39, 0.29) is 0 Å². The average Bonchev–Trinajstić information content (AvgIpc) is 1.81. The number of hydrogen-bond acceptors (Lipinski definition) is 5. The van der Waals surface area contributed by atoms with E-state index in [0.29, 0.717) is 0 Å². The van der Waals surface area contributed by atoms with E-state index < -0.39 is 26.3 Å². The summed E-state index contributed by atoms with van der Waals surface area (Å²) in [6.45, 7) is 0. The second kappa shape index (κ2) is 4.09. The van der Waals surface area contributed by atoms with E-state index in [1.807, 2.05) is 0 Å². The SMILES string of the molecule is NC=CCS(=O)(=O)N=S(=O)=O. The molecule has 6 nitrogen and oxygen atoms in total. The van der Waals surface area contributed by atoms with Gasteiger partial charge in [0, 0.05) is 0 Å². The topological polar surface area (TPSA) is 107 Å². The van der Waals surface area contributed by atoms with Crippen LogP contribution in [0.3, 0.4) is 0 Å². The van der Waals surface area contributed by atoms with Crippen molar-refractivity contribution in [3.05, 3.63) is 12.3 Å². The predicted molar refractivity (Wildman–Crippen MR) is 38.5 cm³/mol. The second-order valence-electron chi connectivity index (χ2n) is 1.47. The van der Waals surface area contributed by atoms with Crippen LogP contribution in [0.5, 0.6) is 0 Å². The molecular weight excluding hydrogens is 192 g/mol. The smallest absolute Gasteiger partial charge is 0.326 e. The summed E-state index contributed by atoms with van der Waals surface area (Å²) in [4.78, 5) is 0. The van der Waals surface area contributed by atoms with Gasteiger partial charge in [-0.15, -0.1) is 0 Å². The molecule has 0 aliphatic heterocycles. The minimum absolute atomic E-state index is 0.503. The number of hydrogen-bond donors (Lipinski definition) is 1. The Morgan fingerprint density at radius 3 is 2.36 bits per heavy atom. The third kappa shape index (κ3) is 5.55. The molecule has 0 fully saturated rings. The molecule has 2 N–H and O–H groups in total. The largest absolute Gasteiger partial charge is 0.405 e. The molecule has 0 atom stereocenters. The van der Waals surface area contributed by atoms with Gasteiger partial charge in [-0.25, -0.2) is 8.42 Å². The first kappa shape index (κ1) is 10.1. The van der Waals surface area contributed by atoms with Crippen molar-refractivity contribution in [1.82, 2.24) is 0 Å². The first-order chi connectivity index (χ1) is 4.98. The molecule has 0 heterocycles. The van der Waals surface area contributed by atoms with Gasteiger partial charge in [-0.05, 0) is 9.97 Å². The maximum Gasteiger partial charge on any atom is 0.326 e. The number of rotatable bonds is 3. The average molecular weight is 198 g/mol. The molecule has 0 aliphatic carbocycles. The summed E-state index contributed by atoms with van der Waals surface area (Å²) in [6.07, 6.45) is 2.09. The molecule has 0 unspecified atom stereocenters. The lowest BCUT2D eigenvalue weighted by molar-refractivity contribution is 0.598. The Bertz CT molecular complexity index is 354. The summed E-state index contributed by atoms with van der Waals surface area (Å²) in [5, 5.41) is 0. The van der Waals surface area contributed by atoms with Crippen molar-refractivity contribution in [2.45, 2.75) is 0 Å². The van der Waals surface area contributed by atoms with Crippen LogP contribution in [0.1, 0.15) is 0 Å². The molecule has 64 valence electrons. The van der Waals surface area contributed by atoms with Gasteiger partial charge in [0.2, 0.25) is 0 Å². The fraction of sp³-hybridized carbons (Fsp3) is 0.333. The van der Waals surface area contributed by atoms with Gasteiger partial charge in [0.15, 0.2) is 0 Å². The zero-order valence-corrected chi connectivity index (χ0v) is 6.97. The Balaban J connectivity index is 4.65. The van der Waals surface area contributed by atoms with Gasteiger partial charge in [-0.1, -0.05) is 6.08 Å². The second-order valence-corrected chi connectivity index (χ2v) is 4.00. The summed E-state index contributed by atoms with van der Waals surface area (Å²) in [5.41, 5.74) is 4.83. The quantitative estimate of drug-likeness (QED) is 0.616. The van der Waals surface area contributed by atoms with E-state index in [2.05, 4.69) is 3.77 Å². The van der Waals surface area contributed by atoms with E-state index >= 15 is 0 Å². The number of nitrogens with zero attached hydrogens (tertiary/aromatic N) is 1. The Kier molecular flexibility index (Phi) is 3.76. The highest BCUT2D eigenvalue weighted by Crippen LogP contribution is 1.90. The Morgan fingerprint density at radius 2 is 2.00 bits per heavy atom. The van der Waals surface area contributed by atoms with Gasteiger partial charge in [0.25, 0.3) is 10.0 Å². The van der Waals surface area contributed by atoms with Crippen molar-refractivity contribution in [1.29, 1.82) is 0 Å². The lowest BCUT2D eigenvalue weighted by Gasteiger charge is -1.84. The van der Waals surface area contributed by atoms with Crippen LogP contribution >= 0.6 is 0 Å². The third-order valence-electron chi connectivity index (χ3n) is 0.617. The predicted octanol–water partition coefficient (Wildman–Crippen LogP) is -1.15. The Morgan fingerprint density at radius 1 is 1.45 bits per heavy atom. The van der Waals surface area contributed by atoms with Crippen LogP contribution in [0.2, 0.25) is 0 Å². The molecule has 0 rings (SSSR count). The van der Waals surface area contributed by atoms with Crippen LogP contribution in [-0.2, 0) is 20.5 Å². The maximum absolute atomic E-state index is 10.5. The lowest BCUT2D eigenvalue weighted by atomic mass is 10.7. The minimum atomic E-state index is -3.90. The van der Waals surface area contributed by atoms with Crippen molar-refractivity contribution in [3.63, 3.8) is 0 Å². The number of sulfonamides is 1. The molecule has 8 heteroatoms. The zero-order chi connectivity index (χ0) is 8.91. The third-order valence-corrected chi connectivity index (χ3v) is 2.63. The highest BCUT2D eigenvalue weighted by molar-refractivity contribution is 7.94. The maximum atomic E-state index is 10.5. The molecular formula is C3H6N2O4S2. The van der Waals surface area contributed by atoms with Crippen molar-refractivity contribution in [2.24, 2.45) is 9.50 Å². The van der Waals surface area contributed by atoms with E-state index in [1.54, 1.807) is 0 Å². The van der Waals surface area contributed by atoms with Crippen molar-refractivity contribution >= 4 is 20.5 Å². The summed E-state index contributed by atoms with van der Waals surface area (Å²) in [5.74, 6) is -0.503. The number of nitrogens with two attached hydrogens (primary N) is 1. The van der Waals surface area contributed by atoms with Crippen LogP contribution in [0.25, 0.3) is 0 Å². The first-order valence-electron chi connectivity index (χ1n) is 2.40. The summed E-state index contributed by atoms with van der Waals surface area (Å²) < 4.78 is 43.0. The first-order valence-corrected chi connectivity index (χ1v) is 5.04. The highest BCUT2D eigenvalue weighted by atomic mass is 32.2. The fourth-order valence-corrected chi connectivity index (χ4v) is 1.64. The standard InChI is InChI=1S/C3H6N2O4S2/c4-2-1-3-11(8,9)5-10(6)7/h1-2H,3-4H2. The molecule has 0 bridgehead atoms. The lowest BCUT2D eigenvalue weighted by Crippen LogP contribution is -1.99. The van der Waals surface area contributed by atoms with E-state index in [9.17, 15) is 16.8 Å². The van der Waals surface area contributed by atoms with Gasteiger partial charge in [0.1, 0.15) is 0 Å². The molecule has 0 saturated heterocycles. The van der Waals surface area contributed by atoms with Crippen LogP contribution < -0.4 is 5.73 Å². The minimum Gasteiger partial charge on any atom is -0.405 e. The zero-order valence-electron chi connectivity index (χ0n) is 5.34. The molecule has 0 amide bonds. The molecule has 0 saturated carbocycles. The van der Waals surface area contributed by atoms with E-state index in [0.717, 1.165) is 12.3 Å². The summed E-state index contributed by atoms with van der Waals surface area (Å²) >= 11 is 0. The molecule has 0 spiro atoms. The van der Waals surface area contributed by atoms with Gasteiger partial charge < -0.3 is 5.73 Å². The van der Waals surface area contributed by atoms with Crippen LogP contribution in [-0.4, -0.2) is 22.6 Å². The van der Waals surface area contributed by atoms with Crippen molar-refractivity contribution in [2.75, 3.05) is 5.75 Å². The molecule has 0 aromatic carbocycles. The molecule has 0 aromatic rings. The van der Waals surface area contributed by atoms with Crippen LogP contribution in [0, 0.1) is 0 Å². The van der Waals surface area contributed by atoms with Gasteiger partial charge in [0.05, 0.1) is 5.75 Å². The van der Waals surface area contributed by atoms with Crippen LogP contribution in [0.15, 0.2) is 16.0 Å². The molecule has 0 aromatic heterocycles. The Labute approximate surface area is 65.5 Å². The van der Waals surface area contributed by atoms with Gasteiger partial charge >= 0.3 is 10.5 Å². The molecule has 0 aliphatic rings. The van der Waals surface area contributed by atoms with Crippen molar-refractivity contribution < 1.29 is 16.8 Å². The molecule has 0 radical (unpaired) electrons. The fourth-order valence-electron chi connectivity index (χ4n) is 0.300.